The van der Waals surface area contributed by atoms with Crippen LogP contribution in [0, 0.1) is 0 Å². The number of nitrogens with one attached hydrogen (secondary N) is 2. The van der Waals surface area contributed by atoms with Crippen molar-refractivity contribution in [1.29, 1.82) is 0 Å². The Morgan fingerprint density at radius 2 is 2.09 bits per heavy atom. The number of likely N-dealkylation sites (tertiary alicyclic amines) is 1. The van der Waals surface area contributed by atoms with Crippen LogP contribution in [-0.2, 0) is 26.9 Å². The molecule has 32 heavy (non-hydrogen) atoms. The summed E-state index contributed by atoms with van der Waals surface area (Å²) in [6.07, 6.45) is -1.94. The number of ether oxygens (including phenoxy) is 2. The molecule has 0 bridgehead atoms. The first kappa shape index (κ1) is 23.0. The summed E-state index contributed by atoms with van der Waals surface area (Å²) in [4.78, 5) is 22.0. The van der Waals surface area contributed by atoms with E-state index in [0.29, 0.717) is 19.2 Å². The van der Waals surface area contributed by atoms with Crippen molar-refractivity contribution in [3.05, 3.63) is 29.6 Å². The Morgan fingerprint density at radius 1 is 1.31 bits per heavy atom. The third-order valence-corrected chi connectivity index (χ3v) is 6.08. The molecule has 2 N–H and O–H groups in total. The van der Waals surface area contributed by atoms with E-state index in [1.807, 2.05) is 6.92 Å². The average molecular weight is 454 g/mol. The quantitative estimate of drug-likeness (QED) is 0.673. The van der Waals surface area contributed by atoms with Crippen LogP contribution in [0.5, 0.6) is 0 Å². The number of amides is 1. The van der Waals surface area contributed by atoms with Gasteiger partial charge in [-0.05, 0) is 31.4 Å². The maximum Gasteiger partial charge on any atom is 0.418 e. The molecule has 0 aliphatic carbocycles. The van der Waals surface area contributed by atoms with Gasteiger partial charge >= 0.3 is 6.18 Å². The summed E-state index contributed by atoms with van der Waals surface area (Å²) < 4.78 is 51.2. The molecule has 0 saturated carbocycles. The van der Waals surface area contributed by atoms with E-state index in [1.54, 1.807) is 0 Å². The Bertz CT molecular complexity index is 927. The van der Waals surface area contributed by atoms with E-state index in [4.69, 9.17) is 9.47 Å². The molecule has 2 saturated heterocycles. The number of hydrogen-bond acceptors (Lipinski definition) is 5. The van der Waals surface area contributed by atoms with Crippen LogP contribution < -0.4 is 5.32 Å². The zero-order chi connectivity index (χ0) is 22.7. The minimum absolute atomic E-state index is 0.116. The summed E-state index contributed by atoms with van der Waals surface area (Å²) in [7, 11) is 0. The molecule has 1 aromatic carbocycles. The van der Waals surface area contributed by atoms with Gasteiger partial charge in [0, 0.05) is 39.0 Å². The van der Waals surface area contributed by atoms with E-state index in [1.165, 1.54) is 12.1 Å². The Labute approximate surface area is 184 Å². The molecule has 1 aromatic heterocycles. The Balaban J connectivity index is 1.42. The molecule has 2 aromatic rings. The summed E-state index contributed by atoms with van der Waals surface area (Å²) in [6, 6.07) is 4.08. The molecule has 3 heterocycles. The first-order valence-electron chi connectivity index (χ1n) is 11.1. The van der Waals surface area contributed by atoms with Crippen molar-refractivity contribution >= 4 is 16.9 Å². The van der Waals surface area contributed by atoms with Gasteiger partial charge < -0.3 is 19.8 Å². The number of carbonyl (C=O) groups excluding carboxylic acids is 1. The monoisotopic (exact) mass is 454 g/mol. The second-order valence-electron chi connectivity index (χ2n) is 8.44. The van der Waals surface area contributed by atoms with E-state index >= 15 is 0 Å². The number of rotatable bonds is 7. The van der Waals surface area contributed by atoms with Crippen molar-refractivity contribution in [1.82, 2.24) is 20.2 Å². The second-order valence-corrected chi connectivity index (χ2v) is 8.44. The van der Waals surface area contributed by atoms with E-state index in [0.717, 1.165) is 45.1 Å². The first-order valence-corrected chi connectivity index (χ1v) is 11.1. The van der Waals surface area contributed by atoms with Gasteiger partial charge in [0.15, 0.2) is 0 Å². The highest BCUT2D eigenvalue weighted by atomic mass is 19.4. The van der Waals surface area contributed by atoms with Crippen molar-refractivity contribution in [2.75, 3.05) is 32.9 Å². The van der Waals surface area contributed by atoms with Crippen LogP contribution in [-0.4, -0.2) is 71.9 Å². The number of imidazole rings is 1. The molecule has 2 aliphatic rings. The minimum Gasteiger partial charge on any atom is -0.381 e. The van der Waals surface area contributed by atoms with E-state index < -0.39 is 11.7 Å². The maximum atomic E-state index is 13.2. The molecule has 1 amide bonds. The van der Waals surface area contributed by atoms with Crippen LogP contribution in [0.25, 0.3) is 11.0 Å². The minimum atomic E-state index is -4.50. The topological polar surface area (TPSA) is 79.5 Å². The first-order chi connectivity index (χ1) is 15.3. The number of aromatic amines is 1. The molecule has 10 heteroatoms. The van der Waals surface area contributed by atoms with Gasteiger partial charge in [-0.25, -0.2) is 4.98 Å². The summed E-state index contributed by atoms with van der Waals surface area (Å²) in [5.74, 6) is -0.0824. The van der Waals surface area contributed by atoms with Crippen molar-refractivity contribution < 1.29 is 27.4 Å². The molecule has 176 valence electrons. The summed E-state index contributed by atoms with van der Waals surface area (Å²) in [5.41, 5.74) is -0.717. The number of carbonyl (C=O) groups is 1. The van der Waals surface area contributed by atoms with Gasteiger partial charge in [-0.1, -0.05) is 13.0 Å². The zero-order valence-electron chi connectivity index (χ0n) is 18.1. The van der Waals surface area contributed by atoms with E-state index in [-0.39, 0.29) is 41.3 Å². The van der Waals surface area contributed by atoms with Crippen LogP contribution in [0.15, 0.2) is 18.2 Å². The molecule has 2 atom stereocenters. The summed E-state index contributed by atoms with van der Waals surface area (Å²) in [6.45, 7) is 5.56. The SMILES string of the molecule is CCCO[C@H]1CN(C2CCOCC2)C[C@@H]1NC(=O)Cc1nc2c(C(F)(F)F)cccc2[nH]1. The van der Waals surface area contributed by atoms with Gasteiger partial charge in [-0.2, -0.15) is 13.2 Å². The van der Waals surface area contributed by atoms with Crippen molar-refractivity contribution in [3.63, 3.8) is 0 Å². The Hall–Kier alpha value is -2.17. The average Bonchev–Trinajstić information content (AvgIpc) is 3.35. The molecule has 4 rings (SSSR count). The molecule has 7 nitrogen and oxygen atoms in total. The highest BCUT2D eigenvalue weighted by Gasteiger charge is 2.38. The number of alkyl halides is 3. The maximum absolute atomic E-state index is 13.2. The smallest absolute Gasteiger partial charge is 0.381 e. The number of aromatic nitrogens is 2. The van der Waals surface area contributed by atoms with E-state index in [9.17, 15) is 18.0 Å². The number of H-pyrrole nitrogens is 1. The lowest BCUT2D eigenvalue weighted by molar-refractivity contribution is -0.136. The highest BCUT2D eigenvalue weighted by Crippen LogP contribution is 2.33. The van der Waals surface area contributed by atoms with Crippen LogP contribution in [0.3, 0.4) is 0 Å². The number of fused-ring (bicyclic) bond motifs is 1. The van der Waals surface area contributed by atoms with Crippen molar-refractivity contribution in [2.24, 2.45) is 0 Å². The highest BCUT2D eigenvalue weighted by molar-refractivity contribution is 5.82. The number of para-hydroxylation sites is 1. The molecule has 0 radical (unpaired) electrons. The van der Waals surface area contributed by atoms with E-state index in [2.05, 4.69) is 20.2 Å². The number of nitrogens with zero attached hydrogens (tertiary/aromatic N) is 2. The Kier molecular flexibility index (Phi) is 7.02. The lowest BCUT2D eigenvalue weighted by atomic mass is 10.1. The summed E-state index contributed by atoms with van der Waals surface area (Å²) >= 11 is 0. The lowest BCUT2D eigenvalue weighted by Crippen LogP contribution is -2.45. The fourth-order valence-electron chi connectivity index (χ4n) is 4.53. The Morgan fingerprint density at radius 3 is 2.81 bits per heavy atom. The van der Waals surface area contributed by atoms with Crippen LogP contribution >= 0.6 is 0 Å². The summed E-state index contributed by atoms with van der Waals surface area (Å²) in [5, 5.41) is 3.03. The standard InChI is InChI=1S/C22H29F3N4O3/c1-2-8-32-18-13-29(14-6-9-31-10-7-14)12-17(18)27-20(30)11-19-26-16-5-3-4-15(21(16)28-19)22(23,24)25/h3-5,14,17-18H,2,6-13H2,1H3,(H,26,28)(H,27,30)/t17-,18-/m0/s1. The normalized spacial score (nSPS) is 23.1. The molecule has 2 fully saturated rings. The number of benzene rings is 1. The third-order valence-electron chi connectivity index (χ3n) is 6.08. The molecule has 2 aliphatic heterocycles. The van der Waals surface area contributed by atoms with Gasteiger partial charge in [0.1, 0.15) is 11.3 Å². The zero-order valence-corrected chi connectivity index (χ0v) is 18.1. The fraction of sp³-hybridized carbons (Fsp3) is 0.636. The van der Waals surface area contributed by atoms with Crippen LogP contribution in [0.4, 0.5) is 13.2 Å². The van der Waals surface area contributed by atoms with Gasteiger partial charge in [0.05, 0.1) is 29.6 Å². The third kappa shape index (κ3) is 5.24. The van der Waals surface area contributed by atoms with Gasteiger partial charge in [-0.3, -0.25) is 9.69 Å². The molecular formula is C22H29F3N4O3. The van der Waals surface area contributed by atoms with Crippen LogP contribution in [0.2, 0.25) is 0 Å². The predicted octanol–water partition coefficient (Wildman–Crippen LogP) is 2.90. The molecule has 0 spiro atoms. The fourth-order valence-corrected chi connectivity index (χ4v) is 4.53. The number of halogens is 3. The van der Waals surface area contributed by atoms with Crippen molar-refractivity contribution in [2.45, 2.75) is 57.0 Å². The molecular weight excluding hydrogens is 425 g/mol. The van der Waals surface area contributed by atoms with Gasteiger partial charge in [0.2, 0.25) is 5.91 Å². The van der Waals surface area contributed by atoms with Crippen molar-refractivity contribution in [3.8, 4) is 0 Å². The lowest BCUT2D eigenvalue weighted by Gasteiger charge is -2.30. The van der Waals surface area contributed by atoms with Gasteiger partial charge in [-0.15, -0.1) is 0 Å². The number of hydrogen-bond donors (Lipinski definition) is 2. The largest absolute Gasteiger partial charge is 0.418 e. The van der Waals surface area contributed by atoms with Crippen LogP contribution in [0.1, 0.15) is 37.6 Å². The predicted molar refractivity (Wildman–Crippen MR) is 112 cm³/mol. The van der Waals surface area contributed by atoms with Gasteiger partial charge in [0.25, 0.3) is 0 Å². The second kappa shape index (κ2) is 9.76. The molecule has 0 unspecified atom stereocenters.